The van der Waals surface area contributed by atoms with Crippen LogP contribution in [-0.4, -0.2) is 85.6 Å². The molecule has 1 saturated heterocycles. The lowest BCUT2D eigenvalue weighted by molar-refractivity contribution is -0.276. The van der Waals surface area contributed by atoms with Gasteiger partial charge in [0, 0.05) is 11.5 Å². The van der Waals surface area contributed by atoms with E-state index in [1.165, 1.54) is 24.6 Å². The molecule has 0 aromatic carbocycles. The van der Waals surface area contributed by atoms with Gasteiger partial charge in [0.1, 0.15) is 18.3 Å². The van der Waals surface area contributed by atoms with Crippen LogP contribution in [0.2, 0.25) is 0 Å². The SMILES string of the molecule is CC1CC1C1CC1C.OCC(O)CSCC1OC(O)C(O)C(O)C1O. The first kappa shape index (κ1) is 21.4. The van der Waals surface area contributed by atoms with Crippen LogP contribution in [0.3, 0.4) is 0 Å². The van der Waals surface area contributed by atoms with Crippen LogP contribution in [0.5, 0.6) is 0 Å². The lowest BCUT2D eigenvalue weighted by Gasteiger charge is -2.38. The van der Waals surface area contributed by atoms with Gasteiger partial charge in [0.2, 0.25) is 0 Å². The molecule has 8 heteroatoms. The Morgan fingerprint density at radius 2 is 1.48 bits per heavy atom. The van der Waals surface area contributed by atoms with E-state index in [-0.39, 0.29) is 18.1 Å². The van der Waals surface area contributed by atoms with E-state index in [9.17, 15) is 20.4 Å². The molecule has 2 saturated carbocycles. The van der Waals surface area contributed by atoms with E-state index in [0.29, 0.717) is 0 Å². The third-order valence-electron chi connectivity index (χ3n) is 5.38. The Morgan fingerprint density at radius 3 is 1.92 bits per heavy atom. The van der Waals surface area contributed by atoms with Crippen molar-refractivity contribution in [2.24, 2.45) is 23.7 Å². The molecule has 3 rings (SSSR count). The Balaban J connectivity index is 0.000000230. The maximum Gasteiger partial charge on any atom is 0.183 e. The fraction of sp³-hybridized carbons (Fsp3) is 1.00. The van der Waals surface area contributed by atoms with Crippen LogP contribution in [0.1, 0.15) is 26.7 Å². The van der Waals surface area contributed by atoms with Crippen molar-refractivity contribution in [2.45, 2.75) is 63.5 Å². The summed E-state index contributed by atoms with van der Waals surface area (Å²) in [5.41, 5.74) is 0. The summed E-state index contributed by atoms with van der Waals surface area (Å²) in [7, 11) is 0. The second-order valence-electron chi connectivity index (χ2n) is 7.66. The highest BCUT2D eigenvalue weighted by molar-refractivity contribution is 7.99. The predicted octanol–water partition coefficient (Wildman–Crippen LogP) is -0.829. The third-order valence-corrected chi connectivity index (χ3v) is 6.57. The van der Waals surface area contributed by atoms with Crippen molar-refractivity contribution in [3.8, 4) is 0 Å². The third kappa shape index (κ3) is 6.04. The van der Waals surface area contributed by atoms with Crippen LogP contribution in [0, 0.1) is 23.7 Å². The van der Waals surface area contributed by atoms with Gasteiger partial charge in [0.15, 0.2) is 6.29 Å². The normalized spacial score (nSPS) is 46.8. The fourth-order valence-electron chi connectivity index (χ4n) is 3.34. The number of rotatable bonds is 6. The number of hydrogen-bond acceptors (Lipinski definition) is 8. The first-order valence-electron chi connectivity index (χ1n) is 9.00. The number of aliphatic hydroxyl groups excluding tert-OH is 6. The average molecular weight is 381 g/mol. The largest absolute Gasteiger partial charge is 0.394 e. The standard InChI is InChI=1S/C9H18O7S.C8H14/c10-1-4(11)2-17-3-5-6(12)7(13)8(14)9(15)16-5;1-5-3-7(5)8-4-6(8)2/h4-15H,1-3H2;5-8H,3-4H2,1-2H3. The zero-order chi connectivity index (χ0) is 18.7. The highest BCUT2D eigenvalue weighted by atomic mass is 32.2. The molecule has 2 aliphatic carbocycles. The van der Waals surface area contributed by atoms with Crippen LogP contribution < -0.4 is 0 Å². The molecule has 0 amide bonds. The number of hydrogen-bond donors (Lipinski definition) is 6. The molecule has 0 aromatic rings. The topological polar surface area (TPSA) is 131 Å². The van der Waals surface area contributed by atoms with Crippen LogP contribution in [0.4, 0.5) is 0 Å². The van der Waals surface area contributed by atoms with Gasteiger partial charge >= 0.3 is 0 Å². The van der Waals surface area contributed by atoms with Gasteiger partial charge in [-0.3, -0.25) is 0 Å². The van der Waals surface area contributed by atoms with Gasteiger partial charge in [-0.25, -0.2) is 0 Å². The van der Waals surface area contributed by atoms with Gasteiger partial charge in [0.25, 0.3) is 0 Å². The van der Waals surface area contributed by atoms with E-state index < -0.39 is 36.8 Å². The van der Waals surface area contributed by atoms with Crippen molar-refractivity contribution in [1.29, 1.82) is 0 Å². The van der Waals surface area contributed by atoms with E-state index in [2.05, 4.69) is 13.8 Å². The van der Waals surface area contributed by atoms with Gasteiger partial charge in [-0.05, 0) is 36.5 Å². The summed E-state index contributed by atoms with van der Waals surface area (Å²) >= 11 is 1.20. The Hall–Kier alpha value is 0.0700. The summed E-state index contributed by atoms with van der Waals surface area (Å²) in [6.45, 7) is 4.41. The smallest absolute Gasteiger partial charge is 0.183 e. The molecule has 6 N–H and O–H groups in total. The second-order valence-corrected chi connectivity index (χ2v) is 8.74. The van der Waals surface area contributed by atoms with Gasteiger partial charge in [-0.1, -0.05) is 13.8 Å². The minimum Gasteiger partial charge on any atom is -0.394 e. The lowest BCUT2D eigenvalue weighted by atomic mass is 10.0. The molecule has 7 nitrogen and oxygen atoms in total. The highest BCUT2D eigenvalue weighted by Gasteiger charge is 2.49. The van der Waals surface area contributed by atoms with Gasteiger partial charge < -0.3 is 35.4 Å². The molecule has 0 radical (unpaired) electrons. The van der Waals surface area contributed by atoms with Gasteiger partial charge in [0.05, 0.1) is 18.8 Å². The summed E-state index contributed by atoms with van der Waals surface area (Å²) in [4.78, 5) is 0. The monoisotopic (exact) mass is 380 g/mol. The summed E-state index contributed by atoms with van der Waals surface area (Å²) in [6, 6.07) is 0. The molecule has 3 fully saturated rings. The zero-order valence-electron chi connectivity index (χ0n) is 14.8. The number of thioether (sulfide) groups is 1. The number of aliphatic hydroxyl groups is 6. The Bertz CT molecular complexity index is 398. The van der Waals surface area contributed by atoms with E-state index >= 15 is 0 Å². The minimum absolute atomic E-state index is 0.221. The van der Waals surface area contributed by atoms with Gasteiger partial charge in [-0.2, -0.15) is 11.8 Å². The van der Waals surface area contributed by atoms with Crippen LogP contribution in [0.25, 0.3) is 0 Å². The number of ether oxygens (including phenoxy) is 1. The van der Waals surface area contributed by atoms with E-state index in [1.807, 2.05) is 0 Å². The molecule has 3 aliphatic rings. The maximum atomic E-state index is 9.58. The molecule has 1 heterocycles. The second kappa shape index (κ2) is 9.32. The van der Waals surface area contributed by atoms with Crippen LogP contribution >= 0.6 is 11.8 Å². The van der Waals surface area contributed by atoms with Crippen molar-refractivity contribution in [1.82, 2.24) is 0 Å². The summed E-state index contributed by atoms with van der Waals surface area (Å²) in [5, 5.41) is 55.1. The molecule has 0 bridgehead atoms. The van der Waals surface area contributed by atoms with E-state index in [1.54, 1.807) is 0 Å². The first-order chi connectivity index (χ1) is 11.8. The van der Waals surface area contributed by atoms with Crippen LogP contribution in [-0.2, 0) is 4.74 Å². The summed E-state index contributed by atoms with van der Waals surface area (Å²) < 4.78 is 4.93. The maximum absolute atomic E-state index is 9.58. The van der Waals surface area contributed by atoms with Crippen molar-refractivity contribution < 1.29 is 35.4 Å². The van der Waals surface area contributed by atoms with Crippen LogP contribution in [0.15, 0.2) is 0 Å². The molecular formula is C17H32O7S. The molecule has 10 atom stereocenters. The molecule has 1 aliphatic heterocycles. The highest BCUT2D eigenvalue weighted by Crippen LogP contribution is 2.57. The fourth-order valence-corrected chi connectivity index (χ4v) is 4.36. The molecule has 10 unspecified atom stereocenters. The van der Waals surface area contributed by atoms with Crippen molar-refractivity contribution in [2.75, 3.05) is 18.1 Å². The van der Waals surface area contributed by atoms with Gasteiger partial charge in [-0.15, -0.1) is 0 Å². The summed E-state index contributed by atoms with van der Waals surface area (Å²) in [6.07, 6.45) is -4.46. The Labute approximate surface area is 153 Å². The van der Waals surface area contributed by atoms with Crippen molar-refractivity contribution >= 4 is 11.8 Å². The predicted molar refractivity (Wildman–Crippen MR) is 93.9 cm³/mol. The summed E-state index contributed by atoms with van der Waals surface area (Å²) in [5.74, 6) is 4.96. The molecule has 0 spiro atoms. The lowest BCUT2D eigenvalue weighted by Crippen LogP contribution is -2.58. The Kier molecular flexibility index (Phi) is 7.97. The van der Waals surface area contributed by atoms with E-state index in [0.717, 1.165) is 23.7 Å². The quantitative estimate of drug-likeness (QED) is 0.352. The zero-order valence-corrected chi connectivity index (χ0v) is 15.6. The average Bonchev–Trinajstić information content (AvgIpc) is 3.49. The Morgan fingerprint density at radius 1 is 0.960 bits per heavy atom. The first-order valence-corrected chi connectivity index (χ1v) is 10.2. The van der Waals surface area contributed by atoms with E-state index in [4.69, 9.17) is 14.9 Å². The van der Waals surface area contributed by atoms with Crippen molar-refractivity contribution in [3.63, 3.8) is 0 Å². The molecule has 148 valence electrons. The molecule has 25 heavy (non-hydrogen) atoms. The van der Waals surface area contributed by atoms with Crippen molar-refractivity contribution in [3.05, 3.63) is 0 Å². The minimum atomic E-state index is -1.54. The molecule has 0 aromatic heterocycles. The molecular weight excluding hydrogens is 348 g/mol.